The molecule has 0 spiro atoms. The lowest BCUT2D eigenvalue weighted by Gasteiger charge is -2.14. The van der Waals surface area contributed by atoms with Gasteiger partial charge in [0.1, 0.15) is 11.5 Å². The highest BCUT2D eigenvalue weighted by Crippen LogP contribution is 2.33. The van der Waals surface area contributed by atoms with Gasteiger partial charge in [-0.3, -0.25) is 9.69 Å². The Bertz CT molecular complexity index is 1130. The molecular formula is C23H24N2O9. The molecule has 0 bridgehead atoms. The van der Waals surface area contributed by atoms with E-state index in [1.54, 1.807) is 32.0 Å². The van der Waals surface area contributed by atoms with Gasteiger partial charge in [-0.2, -0.15) is 0 Å². The van der Waals surface area contributed by atoms with Gasteiger partial charge in [0.15, 0.2) is 18.1 Å². The van der Waals surface area contributed by atoms with Crippen molar-refractivity contribution < 1.29 is 42.5 Å². The number of benzene rings is 1. The Morgan fingerprint density at radius 3 is 2.59 bits per heavy atom. The summed E-state index contributed by atoms with van der Waals surface area (Å²) < 4.78 is 25.9. The van der Waals surface area contributed by atoms with E-state index in [1.165, 1.54) is 32.4 Å². The number of nitrogens with one attached hydrogen (secondary N) is 1. The molecule has 11 heteroatoms. The first kappa shape index (κ1) is 24.4. The lowest BCUT2D eigenvalue weighted by Crippen LogP contribution is -2.30. The highest BCUT2D eigenvalue weighted by Gasteiger charge is 2.34. The molecule has 0 radical (unpaired) electrons. The van der Waals surface area contributed by atoms with Gasteiger partial charge in [0, 0.05) is 5.56 Å². The van der Waals surface area contributed by atoms with Gasteiger partial charge >= 0.3 is 18.0 Å². The second kappa shape index (κ2) is 10.6. The molecule has 1 aliphatic heterocycles. The van der Waals surface area contributed by atoms with Crippen molar-refractivity contribution in [3.05, 3.63) is 53.1 Å². The van der Waals surface area contributed by atoms with Crippen LogP contribution in [0.3, 0.4) is 0 Å². The Morgan fingerprint density at radius 2 is 1.91 bits per heavy atom. The van der Waals surface area contributed by atoms with Crippen molar-refractivity contribution in [3.63, 3.8) is 0 Å². The minimum Gasteiger partial charge on any atom is -0.493 e. The maximum absolute atomic E-state index is 12.9. The second-order valence-corrected chi connectivity index (χ2v) is 7.34. The zero-order valence-electron chi connectivity index (χ0n) is 19.1. The van der Waals surface area contributed by atoms with Gasteiger partial charge in [-0.15, -0.1) is 0 Å². The number of para-hydroxylation sites is 1. The van der Waals surface area contributed by atoms with Crippen LogP contribution in [-0.4, -0.2) is 55.7 Å². The average Bonchev–Trinajstić information content (AvgIpc) is 3.37. The number of carbonyl (C=O) groups excluding carboxylic acids is 4. The lowest BCUT2D eigenvalue weighted by molar-refractivity contribution is -0.149. The number of ether oxygens (including phenoxy) is 4. The van der Waals surface area contributed by atoms with Gasteiger partial charge < -0.3 is 28.7 Å². The van der Waals surface area contributed by atoms with E-state index in [0.717, 1.165) is 4.90 Å². The van der Waals surface area contributed by atoms with E-state index in [2.05, 4.69) is 10.1 Å². The fourth-order valence-corrected chi connectivity index (χ4v) is 3.09. The Balaban J connectivity index is 1.80. The van der Waals surface area contributed by atoms with E-state index in [0.29, 0.717) is 11.3 Å². The molecule has 0 unspecified atom stereocenters. The Morgan fingerprint density at radius 1 is 1.15 bits per heavy atom. The molecule has 11 nitrogen and oxygen atoms in total. The molecular weight excluding hydrogens is 448 g/mol. The number of furan rings is 1. The van der Waals surface area contributed by atoms with Gasteiger partial charge in [-0.1, -0.05) is 12.1 Å². The number of rotatable bonds is 9. The highest BCUT2D eigenvalue weighted by atomic mass is 16.6. The molecule has 1 aromatic carbocycles. The van der Waals surface area contributed by atoms with Crippen LogP contribution in [0.4, 0.5) is 4.79 Å². The molecule has 2 aromatic rings. The molecule has 3 rings (SSSR count). The number of esters is 2. The number of hydrogen-bond acceptors (Lipinski definition) is 9. The van der Waals surface area contributed by atoms with Crippen LogP contribution in [0.2, 0.25) is 0 Å². The molecule has 0 saturated carbocycles. The van der Waals surface area contributed by atoms with Crippen LogP contribution in [-0.2, 0) is 25.6 Å². The van der Waals surface area contributed by atoms with Gasteiger partial charge in [0.05, 0.1) is 26.9 Å². The summed E-state index contributed by atoms with van der Waals surface area (Å²) in [6.45, 7) is 2.87. The third kappa shape index (κ3) is 5.55. The van der Waals surface area contributed by atoms with Gasteiger partial charge in [0.2, 0.25) is 5.76 Å². The van der Waals surface area contributed by atoms with E-state index in [-0.39, 0.29) is 42.2 Å². The van der Waals surface area contributed by atoms with E-state index in [9.17, 15) is 19.2 Å². The third-order valence-corrected chi connectivity index (χ3v) is 4.56. The van der Waals surface area contributed by atoms with Crippen LogP contribution in [0.15, 0.2) is 40.4 Å². The van der Waals surface area contributed by atoms with Crippen LogP contribution >= 0.6 is 0 Å². The zero-order chi connectivity index (χ0) is 24.8. The van der Waals surface area contributed by atoms with Gasteiger partial charge in [-0.25, -0.2) is 14.4 Å². The fourth-order valence-electron chi connectivity index (χ4n) is 3.09. The highest BCUT2D eigenvalue weighted by molar-refractivity contribution is 6.14. The predicted octanol–water partition coefficient (Wildman–Crippen LogP) is 2.50. The van der Waals surface area contributed by atoms with Crippen LogP contribution in [0.5, 0.6) is 11.5 Å². The molecule has 1 N–H and O–H groups in total. The van der Waals surface area contributed by atoms with Crippen molar-refractivity contribution in [2.24, 2.45) is 0 Å². The standard InChI is InChI=1S/C23H24N2O9/c1-13(2)33-19(26)12-32-20-14(6-5-7-17(20)30-3)10-16-21(27)25(23(29)24-16)11-15-8-9-18(34-15)22(28)31-4/h5-10,13H,11-12H2,1-4H3,(H,24,29)/b16-10-. The molecule has 0 aliphatic carbocycles. The van der Waals surface area contributed by atoms with Crippen molar-refractivity contribution in [1.29, 1.82) is 0 Å². The largest absolute Gasteiger partial charge is 0.493 e. The summed E-state index contributed by atoms with van der Waals surface area (Å²) >= 11 is 0. The number of carbonyl (C=O) groups is 4. The van der Waals surface area contributed by atoms with E-state index < -0.39 is 23.9 Å². The van der Waals surface area contributed by atoms with E-state index in [1.807, 2.05) is 0 Å². The maximum atomic E-state index is 12.9. The van der Waals surface area contributed by atoms with Crippen molar-refractivity contribution in [2.75, 3.05) is 20.8 Å². The first-order valence-electron chi connectivity index (χ1n) is 10.2. The number of nitrogens with zero attached hydrogens (tertiary/aromatic N) is 1. The number of hydrogen-bond donors (Lipinski definition) is 1. The monoisotopic (exact) mass is 472 g/mol. The van der Waals surface area contributed by atoms with Crippen LogP contribution in [0.25, 0.3) is 6.08 Å². The summed E-state index contributed by atoms with van der Waals surface area (Å²) in [4.78, 5) is 49.6. The zero-order valence-corrected chi connectivity index (χ0v) is 19.1. The maximum Gasteiger partial charge on any atom is 0.373 e. The summed E-state index contributed by atoms with van der Waals surface area (Å²) in [7, 11) is 2.64. The smallest absolute Gasteiger partial charge is 0.373 e. The van der Waals surface area contributed by atoms with Crippen molar-refractivity contribution in [1.82, 2.24) is 10.2 Å². The first-order chi connectivity index (χ1) is 16.2. The summed E-state index contributed by atoms with van der Waals surface area (Å²) in [5, 5.41) is 2.50. The molecule has 1 aliphatic rings. The topological polar surface area (TPSA) is 134 Å². The third-order valence-electron chi connectivity index (χ3n) is 4.56. The van der Waals surface area contributed by atoms with Crippen molar-refractivity contribution in [3.8, 4) is 11.5 Å². The first-order valence-corrected chi connectivity index (χ1v) is 10.2. The normalized spacial score (nSPS) is 14.4. The number of urea groups is 1. The van der Waals surface area contributed by atoms with Crippen LogP contribution < -0.4 is 14.8 Å². The minimum atomic E-state index is -0.674. The minimum absolute atomic E-state index is 0.0207. The lowest BCUT2D eigenvalue weighted by atomic mass is 10.1. The number of imide groups is 1. The predicted molar refractivity (Wildman–Crippen MR) is 117 cm³/mol. The Hall–Kier alpha value is -4.28. The molecule has 1 fully saturated rings. The summed E-state index contributed by atoms with van der Waals surface area (Å²) in [5.74, 6) is -1.16. The molecule has 3 amide bonds. The van der Waals surface area contributed by atoms with Crippen molar-refractivity contribution >= 4 is 30.0 Å². The Labute approximate surface area is 195 Å². The summed E-state index contributed by atoms with van der Waals surface area (Å²) in [6, 6.07) is 7.12. The Kier molecular flexibility index (Phi) is 7.57. The number of amides is 3. The average molecular weight is 472 g/mol. The van der Waals surface area contributed by atoms with Gasteiger partial charge in [-0.05, 0) is 38.1 Å². The molecule has 180 valence electrons. The van der Waals surface area contributed by atoms with E-state index >= 15 is 0 Å². The summed E-state index contributed by atoms with van der Waals surface area (Å²) in [6.07, 6.45) is 1.11. The SMILES string of the molecule is COC(=O)c1ccc(CN2C(=O)N/C(=C\c3cccc(OC)c3OCC(=O)OC(C)C)C2=O)o1. The number of methoxy groups -OCH3 is 2. The van der Waals surface area contributed by atoms with Crippen LogP contribution in [0.1, 0.15) is 35.7 Å². The quantitative estimate of drug-likeness (QED) is 0.332. The van der Waals surface area contributed by atoms with Crippen LogP contribution in [0, 0.1) is 0 Å². The summed E-state index contributed by atoms with van der Waals surface area (Å²) in [5.41, 5.74) is 0.376. The van der Waals surface area contributed by atoms with E-state index in [4.69, 9.17) is 18.6 Å². The fraction of sp³-hybridized carbons (Fsp3) is 0.304. The van der Waals surface area contributed by atoms with Gasteiger partial charge in [0.25, 0.3) is 5.91 Å². The second-order valence-electron chi connectivity index (χ2n) is 7.34. The molecule has 1 aromatic heterocycles. The van der Waals surface area contributed by atoms with Crippen molar-refractivity contribution in [2.45, 2.75) is 26.5 Å². The molecule has 0 atom stereocenters. The molecule has 2 heterocycles. The molecule has 34 heavy (non-hydrogen) atoms. The molecule has 1 saturated heterocycles.